The number of ketones is 1. The van der Waals surface area contributed by atoms with Gasteiger partial charge in [-0.15, -0.1) is 0 Å². The molecule has 2 nitrogen and oxygen atoms in total. The van der Waals surface area contributed by atoms with Crippen molar-refractivity contribution in [1.29, 1.82) is 0 Å². The lowest BCUT2D eigenvalue weighted by molar-refractivity contribution is 0.103. The zero-order chi connectivity index (χ0) is 11.7. The summed E-state index contributed by atoms with van der Waals surface area (Å²) in [5.74, 6) is 0.0296. The molecule has 2 heteroatoms. The lowest BCUT2D eigenvalue weighted by Crippen LogP contribution is -2.00. The Morgan fingerprint density at radius 3 is 2.59 bits per heavy atom. The Morgan fingerprint density at radius 1 is 0.941 bits per heavy atom. The Kier molecular flexibility index (Phi) is 2.26. The molecule has 0 N–H and O–H groups in total. The van der Waals surface area contributed by atoms with Crippen molar-refractivity contribution in [1.82, 2.24) is 0 Å². The summed E-state index contributed by atoms with van der Waals surface area (Å²) in [6.45, 7) is 0. The van der Waals surface area contributed by atoms with E-state index in [2.05, 4.69) is 0 Å². The number of hydrogen-bond acceptors (Lipinski definition) is 2. The van der Waals surface area contributed by atoms with Crippen LogP contribution in [0.4, 0.5) is 0 Å². The molecule has 1 aromatic carbocycles. The van der Waals surface area contributed by atoms with Gasteiger partial charge in [0.25, 0.3) is 0 Å². The monoisotopic (exact) mass is 222 g/mol. The molecule has 0 spiro atoms. The lowest BCUT2D eigenvalue weighted by atomic mass is 10.0. The van der Waals surface area contributed by atoms with E-state index < -0.39 is 0 Å². The van der Waals surface area contributed by atoms with Crippen molar-refractivity contribution in [2.75, 3.05) is 0 Å². The van der Waals surface area contributed by atoms with E-state index in [9.17, 15) is 4.79 Å². The second-order valence-electron chi connectivity index (χ2n) is 3.87. The van der Waals surface area contributed by atoms with E-state index >= 15 is 0 Å². The summed E-state index contributed by atoms with van der Waals surface area (Å²) in [6, 6.07) is 14.9. The molecule has 0 bridgehead atoms. The molecule has 0 fully saturated rings. The molecule has 2 aliphatic rings. The molecule has 0 radical (unpaired) electrons. The molecule has 0 atom stereocenters. The van der Waals surface area contributed by atoms with E-state index in [0.29, 0.717) is 11.1 Å². The van der Waals surface area contributed by atoms with Gasteiger partial charge in [0.2, 0.25) is 0 Å². The maximum atomic E-state index is 12.3. The SMILES string of the molecule is O=C(c1ccccc1)c1ccc2ccocc1-2. The predicted molar refractivity (Wildman–Crippen MR) is 65.2 cm³/mol. The zero-order valence-corrected chi connectivity index (χ0v) is 9.09. The molecule has 0 aromatic heterocycles. The fourth-order valence-corrected chi connectivity index (χ4v) is 1.95. The first-order chi connectivity index (χ1) is 8.36. The first-order valence-corrected chi connectivity index (χ1v) is 5.41. The average molecular weight is 222 g/mol. The van der Waals surface area contributed by atoms with Gasteiger partial charge < -0.3 is 4.42 Å². The number of rotatable bonds is 2. The molecule has 3 rings (SSSR count). The minimum absolute atomic E-state index is 0.0296. The summed E-state index contributed by atoms with van der Waals surface area (Å²) < 4.78 is 5.12. The molecule has 1 aromatic rings. The summed E-state index contributed by atoms with van der Waals surface area (Å²) in [6.07, 6.45) is 3.23. The maximum absolute atomic E-state index is 12.3. The van der Waals surface area contributed by atoms with Crippen LogP contribution in [0.2, 0.25) is 0 Å². The second-order valence-corrected chi connectivity index (χ2v) is 3.87. The van der Waals surface area contributed by atoms with Crippen LogP contribution in [-0.4, -0.2) is 5.78 Å². The van der Waals surface area contributed by atoms with Crippen LogP contribution in [0.25, 0.3) is 11.1 Å². The summed E-state index contributed by atoms with van der Waals surface area (Å²) in [5, 5.41) is 0. The molecular weight excluding hydrogens is 212 g/mol. The van der Waals surface area contributed by atoms with Gasteiger partial charge in [-0.1, -0.05) is 36.4 Å². The fourth-order valence-electron chi connectivity index (χ4n) is 1.95. The van der Waals surface area contributed by atoms with Crippen molar-refractivity contribution in [3.05, 3.63) is 72.2 Å². The topological polar surface area (TPSA) is 30.2 Å². The Balaban J connectivity index is 2.09. The fraction of sp³-hybridized carbons (Fsp3) is 0. The number of carbonyl (C=O) groups excluding carboxylic acids is 1. The summed E-state index contributed by atoms with van der Waals surface area (Å²) in [4.78, 5) is 12.3. The van der Waals surface area contributed by atoms with Gasteiger partial charge >= 0.3 is 0 Å². The van der Waals surface area contributed by atoms with Gasteiger partial charge in [-0.3, -0.25) is 4.79 Å². The first-order valence-electron chi connectivity index (χ1n) is 5.41. The molecule has 1 aliphatic heterocycles. The molecule has 0 unspecified atom stereocenters. The quantitative estimate of drug-likeness (QED) is 0.620. The standard InChI is InChI=1S/C15H10O2/c16-15(12-4-2-1-3-5-12)13-7-6-11-8-9-17-10-14(11)13/h1-10H. The van der Waals surface area contributed by atoms with E-state index in [4.69, 9.17) is 4.42 Å². The third-order valence-corrected chi connectivity index (χ3v) is 2.82. The smallest absolute Gasteiger partial charge is 0.193 e. The van der Waals surface area contributed by atoms with Crippen molar-refractivity contribution >= 4 is 5.78 Å². The Morgan fingerprint density at radius 2 is 1.76 bits per heavy atom. The summed E-state index contributed by atoms with van der Waals surface area (Å²) in [5.41, 5.74) is 3.27. The number of carbonyl (C=O) groups is 1. The number of hydrogen-bond donors (Lipinski definition) is 0. The molecule has 17 heavy (non-hydrogen) atoms. The van der Waals surface area contributed by atoms with Gasteiger partial charge in [0, 0.05) is 16.7 Å². The third kappa shape index (κ3) is 1.64. The van der Waals surface area contributed by atoms with Crippen LogP contribution >= 0.6 is 0 Å². The highest BCUT2D eigenvalue weighted by atomic mass is 16.3. The van der Waals surface area contributed by atoms with Crippen molar-refractivity contribution in [2.24, 2.45) is 0 Å². The van der Waals surface area contributed by atoms with E-state index in [1.54, 1.807) is 12.5 Å². The van der Waals surface area contributed by atoms with Crippen LogP contribution in [-0.2, 0) is 0 Å². The van der Waals surface area contributed by atoms with E-state index in [1.165, 1.54) is 0 Å². The molecular formula is C15H10O2. The number of benzene rings is 1. The van der Waals surface area contributed by atoms with Gasteiger partial charge in [0.1, 0.15) is 0 Å². The predicted octanol–water partition coefficient (Wildman–Crippen LogP) is 3.62. The van der Waals surface area contributed by atoms with Crippen molar-refractivity contribution in [3.8, 4) is 11.1 Å². The van der Waals surface area contributed by atoms with Gasteiger partial charge in [0.15, 0.2) is 5.78 Å². The Bertz CT molecular complexity index is 622. The van der Waals surface area contributed by atoms with Crippen LogP contribution in [0.3, 0.4) is 0 Å². The minimum atomic E-state index is 0.0296. The molecule has 0 amide bonds. The highest BCUT2D eigenvalue weighted by Gasteiger charge is 2.17. The normalized spacial score (nSPS) is 10.6. The van der Waals surface area contributed by atoms with E-state index in [1.807, 2.05) is 48.5 Å². The highest BCUT2D eigenvalue weighted by Crippen LogP contribution is 2.29. The summed E-state index contributed by atoms with van der Waals surface area (Å²) in [7, 11) is 0. The first kappa shape index (κ1) is 9.85. The van der Waals surface area contributed by atoms with Crippen molar-refractivity contribution in [2.45, 2.75) is 0 Å². The average Bonchev–Trinajstić information content (AvgIpc) is 2.83. The third-order valence-electron chi connectivity index (χ3n) is 2.82. The van der Waals surface area contributed by atoms with Crippen LogP contribution in [0, 0.1) is 0 Å². The van der Waals surface area contributed by atoms with Crippen molar-refractivity contribution < 1.29 is 9.21 Å². The van der Waals surface area contributed by atoms with Gasteiger partial charge in [0.05, 0.1) is 12.5 Å². The van der Waals surface area contributed by atoms with Crippen LogP contribution in [0.15, 0.2) is 65.5 Å². The molecule has 82 valence electrons. The molecule has 1 aliphatic carbocycles. The van der Waals surface area contributed by atoms with Gasteiger partial charge in [-0.05, 0) is 17.7 Å². The lowest BCUT2D eigenvalue weighted by Gasteiger charge is -2.02. The van der Waals surface area contributed by atoms with Crippen LogP contribution in [0.5, 0.6) is 0 Å². The number of fused-ring (bicyclic) bond motifs is 1. The molecule has 0 saturated heterocycles. The zero-order valence-electron chi connectivity index (χ0n) is 9.09. The molecule has 1 heterocycles. The van der Waals surface area contributed by atoms with Crippen molar-refractivity contribution in [3.63, 3.8) is 0 Å². The largest absolute Gasteiger partial charge is 0.472 e. The van der Waals surface area contributed by atoms with E-state index in [-0.39, 0.29) is 5.78 Å². The second kappa shape index (κ2) is 3.91. The van der Waals surface area contributed by atoms with Crippen LogP contribution in [0.1, 0.15) is 15.9 Å². The maximum Gasteiger partial charge on any atom is 0.193 e. The summed E-state index contributed by atoms with van der Waals surface area (Å²) >= 11 is 0. The van der Waals surface area contributed by atoms with E-state index in [0.717, 1.165) is 11.1 Å². The highest BCUT2D eigenvalue weighted by molar-refractivity contribution is 6.13. The van der Waals surface area contributed by atoms with Gasteiger partial charge in [-0.2, -0.15) is 0 Å². The Hall–Kier alpha value is -2.35. The van der Waals surface area contributed by atoms with Gasteiger partial charge in [-0.25, -0.2) is 0 Å². The Labute approximate surface area is 98.8 Å². The molecule has 0 saturated carbocycles. The minimum Gasteiger partial charge on any atom is -0.472 e. The van der Waals surface area contributed by atoms with Crippen LogP contribution < -0.4 is 0 Å².